The standard InChI is InChI=1S/C20H18BrN3O4S/c1-3-27-20(25)16-14(10-6-7-12(26-2)11(21)9-10)15-17(13-5-4-8-29-13)23-24-19(15)28-18(16)22/h4-9,14H,3,22H2,1-2H3,(H,23,24). The van der Waals surface area contributed by atoms with E-state index in [2.05, 4.69) is 26.1 Å². The van der Waals surface area contributed by atoms with Crippen molar-refractivity contribution in [3.05, 3.63) is 62.8 Å². The molecule has 4 rings (SSSR count). The van der Waals surface area contributed by atoms with E-state index in [1.165, 1.54) is 0 Å². The van der Waals surface area contributed by atoms with Gasteiger partial charge in [0.2, 0.25) is 11.8 Å². The third-order valence-electron chi connectivity index (χ3n) is 4.59. The van der Waals surface area contributed by atoms with Gasteiger partial charge in [-0.25, -0.2) is 4.79 Å². The summed E-state index contributed by atoms with van der Waals surface area (Å²) in [4.78, 5) is 13.8. The molecule has 0 aliphatic carbocycles. The number of nitrogens with zero attached hydrogens (tertiary/aromatic N) is 1. The van der Waals surface area contributed by atoms with Crippen molar-refractivity contribution >= 4 is 33.2 Å². The summed E-state index contributed by atoms with van der Waals surface area (Å²) in [7, 11) is 1.60. The molecule has 9 heteroatoms. The fourth-order valence-electron chi connectivity index (χ4n) is 3.36. The Kier molecular flexibility index (Phi) is 5.33. The minimum atomic E-state index is -0.522. The van der Waals surface area contributed by atoms with E-state index in [0.717, 1.165) is 26.2 Å². The predicted octanol–water partition coefficient (Wildman–Crippen LogP) is 4.17. The van der Waals surface area contributed by atoms with Crippen LogP contribution in [0.4, 0.5) is 0 Å². The first-order chi connectivity index (χ1) is 14.0. The lowest BCUT2D eigenvalue weighted by Gasteiger charge is -2.26. The third-order valence-corrected chi connectivity index (χ3v) is 6.10. The number of halogens is 1. The average molecular weight is 476 g/mol. The van der Waals surface area contributed by atoms with Gasteiger partial charge in [0.1, 0.15) is 11.3 Å². The van der Waals surface area contributed by atoms with E-state index < -0.39 is 11.9 Å². The van der Waals surface area contributed by atoms with Crippen molar-refractivity contribution in [1.82, 2.24) is 10.2 Å². The molecule has 3 N–H and O–H groups in total. The van der Waals surface area contributed by atoms with Crippen molar-refractivity contribution < 1.29 is 19.0 Å². The van der Waals surface area contributed by atoms with E-state index in [9.17, 15) is 4.79 Å². The van der Waals surface area contributed by atoms with Gasteiger partial charge >= 0.3 is 5.97 Å². The maximum Gasteiger partial charge on any atom is 0.340 e. The van der Waals surface area contributed by atoms with E-state index in [0.29, 0.717) is 11.6 Å². The van der Waals surface area contributed by atoms with Crippen LogP contribution < -0.4 is 15.2 Å². The van der Waals surface area contributed by atoms with Crippen LogP contribution in [0.5, 0.6) is 11.6 Å². The molecular weight excluding hydrogens is 458 g/mol. The second-order valence-corrected chi connectivity index (χ2v) is 8.02. The number of aromatic nitrogens is 2. The number of esters is 1. The molecule has 0 spiro atoms. The van der Waals surface area contributed by atoms with E-state index in [4.69, 9.17) is 19.9 Å². The van der Waals surface area contributed by atoms with Crippen molar-refractivity contribution in [2.24, 2.45) is 5.73 Å². The molecule has 1 atom stereocenters. The molecule has 0 amide bonds. The summed E-state index contributed by atoms with van der Waals surface area (Å²) in [5.41, 5.74) is 8.73. The lowest BCUT2D eigenvalue weighted by molar-refractivity contribution is -0.139. The Morgan fingerprint density at radius 2 is 2.24 bits per heavy atom. The van der Waals surface area contributed by atoms with Gasteiger partial charge in [-0.2, -0.15) is 0 Å². The molecule has 1 unspecified atom stereocenters. The molecule has 1 aliphatic heterocycles. The number of ether oxygens (including phenoxy) is 3. The van der Waals surface area contributed by atoms with Crippen LogP contribution in [-0.2, 0) is 9.53 Å². The number of thiophene rings is 1. The molecule has 29 heavy (non-hydrogen) atoms. The van der Waals surface area contributed by atoms with Crippen LogP contribution in [0, 0.1) is 0 Å². The Balaban J connectivity index is 1.94. The Labute approximate surface area is 179 Å². The first-order valence-corrected chi connectivity index (χ1v) is 10.5. The number of fused-ring (bicyclic) bond motifs is 1. The van der Waals surface area contributed by atoms with Crippen LogP contribution in [0.25, 0.3) is 10.6 Å². The van der Waals surface area contributed by atoms with Crippen molar-refractivity contribution in [2.45, 2.75) is 12.8 Å². The first kappa shape index (κ1) is 19.5. The van der Waals surface area contributed by atoms with Crippen LogP contribution in [0.2, 0.25) is 0 Å². The second kappa shape index (κ2) is 7.92. The van der Waals surface area contributed by atoms with E-state index in [1.807, 2.05) is 35.7 Å². The van der Waals surface area contributed by atoms with Crippen LogP contribution >= 0.6 is 27.3 Å². The molecule has 0 radical (unpaired) electrons. The fourth-order valence-corrected chi connectivity index (χ4v) is 4.65. The summed E-state index contributed by atoms with van der Waals surface area (Å²) in [5.74, 6) is -0.0314. The molecule has 0 fully saturated rings. The zero-order valence-corrected chi connectivity index (χ0v) is 18.1. The van der Waals surface area contributed by atoms with Crippen LogP contribution in [0.3, 0.4) is 0 Å². The Morgan fingerprint density at radius 1 is 1.41 bits per heavy atom. The molecule has 2 aromatic heterocycles. The lowest BCUT2D eigenvalue weighted by Crippen LogP contribution is -2.27. The summed E-state index contributed by atoms with van der Waals surface area (Å²) in [6.07, 6.45) is 0. The SMILES string of the molecule is CCOC(=O)C1=C(N)Oc2n[nH]c(-c3cccs3)c2C1c1ccc(OC)c(Br)c1. The highest BCUT2D eigenvalue weighted by molar-refractivity contribution is 9.10. The average Bonchev–Trinajstić information content (AvgIpc) is 3.36. The monoisotopic (exact) mass is 475 g/mol. The molecule has 3 aromatic rings. The van der Waals surface area contributed by atoms with Crippen molar-refractivity contribution in [1.29, 1.82) is 0 Å². The molecule has 3 heterocycles. The summed E-state index contributed by atoms with van der Waals surface area (Å²) in [6.45, 7) is 1.97. The van der Waals surface area contributed by atoms with Gasteiger partial charge in [-0.3, -0.25) is 5.10 Å². The summed E-state index contributed by atoms with van der Waals surface area (Å²) < 4.78 is 17.1. The highest BCUT2D eigenvalue weighted by Crippen LogP contribution is 2.47. The zero-order chi connectivity index (χ0) is 20.5. The maximum absolute atomic E-state index is 12.8. The van der Waals surface area contributed by atoms with Crippen molar-refractivity contribution in [3.63, 3.8) is 0 Å². The molecule has 0 bridgehead atoms. The summed E-state index contributed by atoms with van der Waals surface area (Å²) in [5, 5.41) is 9.30. The molecule has 7 nitrogen and oxygen atoms in total. The molecular formula is C20H18BrN3O4S. The molecule has 1 aromatic carbocycles. The number of hydrogen-bond acceptors (Lipinski definition) is 7. The largest absolute Gasteiger partial charge is 0.496 e. The highest BCUT2D eigenvalue weighted by Gasteiger charge is 2.39. The van der Waals surface area contributed by atoms with Crippen LogP contribution in [0.15, 0.2) is 51.6 Å². The maximum atomic E-state index is 12.8. The van der Waals surface area contributed by atoms with Crippen LogP contribution in [0.1, 0.15) is 24.0 Å². The molecule has 0 saturated heterocycles. The normalized spacial score (nSPS) is 15.6. The molecule has 1 aliphatic rings. The summed E-state index contributed by atoms with van der Waals surface area (Å²) >= 11 is 5.08. The number of nitrogens with one attached hydrogen (secondary N) is 1. The van der Waals surface area contributed by atoms with Gasteiger partial charge in [0.05, 0.1) is 40.2 Å². The number of hydrogen-bond donors (Lipinski definition) is 2. The van der Waals surface area contributed by atoms with Gasteiger partial charge in [-0.05, 0) is 52.0 Å². The minimum Gasteiger partial charge on any atom is -0.496 e. The minimum absolute atomic E-state index is 0.0166. The lowest BCUT2D eigenvalue weighted by atomic mass is 9.83. The number of aromatic amines is 1. The third kappa shape index (κ3) is 3.40. The van der Waals surface area contributed by atoms with Gasteiger partial charge in [-0.15, -0.1) is 16.4 Å². The number of carbonyl (C=O) groups is 1. The van der Waals surface area contributed by atoms with Crippen molar-refractivity contribution in [2.75, 3.05) is 13.7 Å². The van der Waals surface area contributed by atoms with Gasteiger partial charge in [0, 0.05) is 0 Å². The van der Waals surface area contributed by atoms with Crippen LogP contribution in [-0.4, -0.2) is 29.9 Å². The summed E-state index contributed by atoms with van der Waals surface area (Å²) in [6, 6.07) is 9.55. The highest BCUT2D eigenvalue weighted by atomic mass is 79.9. The smallest absolute Gasteiger partial charge is 0.340 e. The quantitative estimate of drug-likeness (QED) is 0.537. The van der Waals surface area contributed by atoms with E-state index in [1.54, 1.807) is 25.4 Å². The number of benzene rings is 1. The number of methoxy groups -OCH3 is 1. The Morgan fingerprint density at radius 3 is 2.90 bits per heavy atom. The Bertz CT molecular complexity index is 1090. The number of H-pyrrole nitrogens is 1. The molecule has 0 saturated carbocycles. The topological polar surface area (TPSA) is 99.5 Å². The Hall–Kier alpha value is -2.78. The van der Waals surface area contributed by atoms with E-state index >= 15 is 0 Å². The predicted molar refractivity (Wildman–Crippen MR) is 113 cm³/mol. The second-order valence-electron chi connectivity index (χ2n) is 6.22. The van der Waals surface area contributed by atoms with Gasteiger partial charge in [-0.1, -0.05) is 12.1 Å². The fraction of sp³-hybridized carbons (Fsp3) is 0.200. The van der Waals surface area contributed by atoms with Gasteiger partial charge in [0.15, 0.2) is 0 Å². The number of nitrogens with two attached hydrogens (primary N) is 1. The molecule has 150 valence electrons. The first-order valence-electron chi connectivity index (χ1n) is 8.85. The van der Waals surface area contributed by atoms with E-state index in [-0.39, 0.29) is 18.1 Å². The van der Waals surface area contributed by atoms with Gasteiger partial charge in [0.25, 0.3) is 0 Å². The van der Waals surface area contributed by atoms with Crippen molar-refractivity contribution in [3.8, 4) is 22.2 Å². The zero-order valence-electron chi connectivity index (χ0n) is 15.7. The number of carbonyl (C=O) groups excluding carboxylic acids is 1. The number of rotatable bonds is 5. The van der Waals surface area contributed by atoms with Gasteiger partial charge < -0.3 is 19.9 Å².